The van der Waals surface area contributed by atoms with Crippen molar-refractivity contribution in [1.82, 2.24) is 10.6 Å². The van der Waals surface area contributed by atoms with E-state index in [0.717, 1.165) is 18.6 Å². The second-order valence-electron chi connectivity index (χ2n) is 7.20. The Morgan fingerprint density at radius 1 is 1.21 bits per heavy atom. The molecule has 3 rings (SSSR count). The minimum atomic E-state index is 0. The van der Waals surface area contributed by atoms with E-state index in [-0.39, 0.29) is 18.3 Å². The van der Waals surface area contributed by atoms with E-state index in [1.54, 1.807) is 0 Å². The lowest BCUT2D eigenvalue weighted by molar-refractivity contribution is -0.122. The zero-order valence-electron chi connectivity index (χ0n) is 14.6. The fraction of sp³-hybridized carbons (Fsp3) is 0.632. The van der Waals surface area contributed by atoms with Gasteiger partial charge in [0.25, 0.3) is 0 Å². The topological polar surface area (TPSA) is 50.4 Å². The SMILES string of the molecule is CC(C)c1ccc(OCCC(=O)NC2CC3CCC(C2)N3)cc1.Cl. The van der Waals surface area contributed by atoms with Gasteiger partial charge in [0, 0.05) is 18.1 Å². The Labute approximate surface area is 151 Å². The number of nitrogens with one attached hydrogen (secondary N) is 2. The minimum Gasteiger partial charge on any atom is -0.493 e. The monoisotopic (exact) mass is 352 g/mol. The highest BCUT2D eigenvalue weighted by molar-refractivity contribution is 5.85. The van der Waals surface area contributed by atoms with Crippen LogP contribution in [0.5, 0.6) is 5.75 Å². The van der Waals surface area contributed by atoms with E-state index in [1.807, 2.05) is 12.1 Å². The molecule has 134 valence electrons. The smallest absolute Gasteiger partial charge is 0.223 e. The summed E-state index contributed by atoms with van der Waals surface area (Å²) in [5.74, 6) is 1.47. The zero-order valence-corrected chi connectivity index (χ0v) is 15.4. The van der Waals surface area contributed by atoms with Crippen LogP contribution < -0.4 is 15.4 Å². The molecular weight excluding hydrogens is 324 g/mol. The number of ether oxygens (including phenoxy) is 1. The number of halogens is 1. The molecule has 1 amide bonds. The van der Waals surface area contributed by atoms with Crippen molar-refractivity contribution in [2.45, 2.75) is 70.0 Å². The molecule has 0 radical (unpaired) electrons. The van der Waals surface area contributed by atoms with Crippen LogP contribution in [0.15, 0.2) is 24.3 Å². The Kier molecular flexibility index (Phi) is 6.93. The van der Waals surface area contributed by atoms with Gasteiger partial charge in [0.1, 0.15) is 5.75 Å². The van der Waals surface area contributed by atoms with Crippen molar-refractivity contribution < 1.29 is 9.53 Å². The van der Waals surface area contributed by atoms with Crippen molar-refractivity contribution in [2.75, 3.05) is 6.61 Å². The van der Waals surface area contributed by atoms with Crippen LogP contribution in [0.4, 0.5) is 0 Å². The molecule has 0 spiro atoms. The van der Waals surface area contributed by atoms with E-state index >= 15 is 0 Å². The number of carbonyl (C=O) groups is 1. The lowest BCUT2D eigenvalue weighted by Gasteiger charge is -2.29. The maximum atomic E-state index is 12.1. The summed E-state index contributed by atoms with van der Waals surface area (Å²) in [4.78, 5) is 12.1. The molecule has 2 aliphatic heterocycles. The van der Waals surface area contributed by atoms with Crippen LogP contribution >= 0.6 is 12.4 Å². The highest BCUT2D eigenvalue weighted by Gasteiger charge is 2.33. The molecule has 1 aromatic rings. The number of piperidine rings is 1. The molecule has 2 bridgehead atoms. The Morgan fingerprint density at radius 2 is 1.83 bits per heavy atom. The van der Waals surface area contributed by atoms with Crippen LogP contribution in [0.2, 0.25) is 0 Å². The molecule has 2 atom stereocenters. The highest BCUT2D eigenvalue weighted by atomic mass is 35.5. The standard InChI is InChI=1S/C19H28N2O2.ClH/c1-13(2)14-3-7-18(8-4-14)23-10-9-19(22)21-17-11-15-5-6-16(12-17)20-15;/h3-4,7-8,13,15-17,20H,5-6,9-12H2,1-2H3,(H,21,22);1H. The summed E-state index contributed by atoms with van der Waals surface area (Å²) in [6.07, 6.45) is 5.07. The maximum absolute atomic E-state index is 12.1. The van der Waals surface area contributed by atoms with Crippen LogP contribution in [0.25, 0.3) is 0 Å². The molecule has 2 N–H and O–H groups in total. The van der Waals surface area contributed by atoms with Crippen molar-refractivity contribution in [1.29, 1.82) is 0 Å². The minimum absolute atomic E-state index is 0. The molecule has 2 unspecified atom stereocenters. The fourth-order valence-corrected chi connectivity index (χ4v) is 3.69. The number of carbonyl (C=O) groups excluding carboxylic acids is 1. The van der Waals surface area contributed by atoms with Crippen molar-refractivity contribution in [3.8, 4) is 5.75 Å². The average molecular weight is 353 g/mol. The third-order valence-electron chi connectivity index (χ3n) is 4.98. The first-order valence-corrected chi connectivity index (χ1v) is 8.88. The van der Waals surface area contributed by atoms with Gasteiger partial charge in [0.05, 0.1) is 13.0 Å². The van der Waals surface area contributed by atoms with E-state index in [0.29, 0.717) is 37.1 Å². The Balaban J connectivity index is 0.00000208. The third kappa shape index (κ3) is 5.12. The summed E-state index contributed by atoms with van der Waals surface area (Å²) >= 11 is 0. The number of rotatable bonds is 6. The van der Waals surface area contributed by atoms with E-state index in [9.17, 15) is 4.79 Å². The largest absolute Gasteiger partial charge is 0.493 e. The Bertz CT molecular complexity index is 521. The second kappa shape index (κ2) is 8.72. The van der Waals surface area contributed by atoms with Crippen molar-refractivity contribution in [3.05, 3.63) is 29.8 Å². The normalized spacial score (nSPS) is 25.2. The molecule has 2 fully saturated rings. The Hall–Kier alpha value is -1.26. The predicted molar refractivity (Wildman–Crippen MR) is 99.0 cm³/mol. The number of benzene rings is 1. The molecular formula is C19H29ClN2O2. The number of fused-ring (bicyclic) bond motifs is 2. The van der Waals surface area contributed by atoms with Crippen LogP contribution in [0, 0.1) is 0 Å². The van der Waals surface area contributed by atoms with Gasteiger partial charge in [-0.05, 0) is 49.3 Å². The predicted octanol–water partition coefficient (Wildman–Crippen LogP) is 3.40. The van der Waals surface area contributed by atoms with Gasteiger partial charge in [-0.2, -0.15) is 0 Å². The first-order valence-electron chi connectivity index (χ1n) is 8.88. The average Bonchev–Trinajstić information content (AvgIpc) is 2.86. The quantitative estimate of drug-likeness (QED) is 0.825. The lowest BCUT2D eigenvalue weighted by Crippen LogP contribution is -2.48. The molecule has 5 heteroatoms. The second-order valence-corrected chi connectivity index (χ2v) is 7.20. The van der Waals surface area contributed by atoms with Crippen molar-refractivity contribution in [2.24, 2.45) is 0 Å². The van der Waals surface area contributed by atoms with Gasteiger partial charge in [-0.1, -0.05) is 26.0 Å². The van der Waals surface area contributed by atoms with Crippen molar-refractivity contribution in [3.63, 3.8) is 0 Å². The lowest BCUT2D eigenvalue weighted by atomic mass is 10.00. The van der Waals surface area contributed by atoms with E-state index in [4.69, 9.17) is 4.74 Å². The number of amides is 1. The molecule has 0 aromatic heterocycles. The molecule has 2 aliphatic rings. The van der Waals surface area contributed by atoms with Gasteiger partial charge < -0.3 is 15.4 Å². The molecule has 2 saturated heterocycles. The summed E-state index contributed by atoms with van der Waals surface area (Å²) in [6.45, 7) is 4.78. The summed E-state index contributed by atoms with van der Waals surface area (Å²) in [5, 5.41) is 6.77. The molecule has 24 heavy (non-hydrogen) atoms. The zero-order chi connectivity index (χ0) is 16.2. The molecule has 0 saturated carbocycles. The van der Waals surface area contributed by atoms with E-state index in [1.165, 1.54) is 18.4 Å². The van der Waals surface area contributed by atoms with Gasteiger partial charge in [0.2, 0.25) is 5.91 Å². The highest BCUT2D eigenvalue weighted by Crippen LogP contribution is 2.26. The number of hydrogen-bond acceptors (Lipinski definition) is 3. The third-order valence-corrected chi connectivity index (χ3v) is 4.98. The van der Waals surface area contributed by atoms with Gasteiger partial charge in [-0.25, -0.2) is 0 Å². The van der Waals surface area contributed by atoms with Crippen molar-refractivity contribution >= 4 is 18.3 Å². The fourth-order valence-electron chi connectivity index (χ4n) is 3.69. The van der Waals surface area contributed by atoms with Crippen LogP contribution in [0.3, 0.4) is 0 Å². The summed E-state index contributed by atoms with van der Waals surface area (Å²) in [6, 6.07) is 9.70. The summed E-state index contributed by atoms with van der Waals surface area (Å²) in [7, 11) is 0. The summed E-state index contributed by atoms with van der Waals surface area (Å²) < 4.78 is 5.68. The first-order chi connectivity index (χ1) is 11.1. The summed E-state index contributed by atoms with van der Waals surface area (Å²) in [5.41, 5.74) is 1.30. The molecule has 2 heterocycles. The van der Waals surface area contributed by atoms with Crippen LogP contribution in [-0.2, 0) is 4.79 Å². The van der Waals surface area contributed by atoms with Crippen LogP contribution in [0.1, 0.15) is 57.4 Å². The van der Waals surface area contributed by atoms with Gasteiger partial charge >= 0.3 is 0 Å². The van der Waals surface area contributed by atoms with Crippen LogP contribution in [-0.4, -0.2) is 30.6 Å². The maximum Gasteiger partial charge on any atom is 0.223 e. The van der Waals surface area contributed by atoms with Gasteiger partial charge in [-0.15, -0.1) is 12.4 Å². The Morgan fingerprint density at radius 3 is 2.42 bits per heavy atom. The number of hydrogen-bond donors (Lipinski definition) is 2. The molecule has 1 aromatic carbocycles. The van der Waals surface area contributed by atoms with E-state index in [2.05, 4.69) is 36.6 Å². The van der Waals surface area contributed by atoms with E-state index < -0.39 is 0 Å². The van der Waals surface area contributed by atoms with Gasteiger partial charge in [-0.3, -0.25) is 4.79 Å². The first kappa shape index (κ1) is 19.1. The molecule has 0 aliphatic carbocycles. The van der Waals surface area contributed by atoms with Gasteiger partial charge in [0.15, 0.2) is 0 Å². The molecule has 4 nitrogen and oxygen atoms in total.